The van der Waals surface area contributed by atoms with Crippen LogP contribution in [0.2, 0.25) is 0 Å². The molecule has 0 bridgehead atoms. The highest BCUT2D eigenvalue weighted by molar-refractivity contribution is 5.91. The number of phenols is 2. The largest absolute Gasteiger partial charge is 0.508 e. The maximum absolute atomic E-state index is 10.1. The van der Waals surface area contributed by atoms with Crippen LogP contribution in [0.4, 0.5) is 0 Å². The van der Waals surface area contributed by atoms with Gasteiger partial charge in [-0.2, -0.15) is 0 Å². The van der Waals surface area contributed by atoms with Gasteiger partial charge in [-0.3, -0.25) is 0 Å². The second kappa shape index (κ2) is 7.28. The van der Waals surface area contributed by atoms with Crippen molar-refractivity contribution in [2.75, 3.05) is 0 Å². The number of benzene rings is 4. The topological polar surface area (TPSA) is 79.1 Å². The van der Waals surface area contributed by atoms with Crippen molar-refractivity contribution >= 4 is 0 Å². The Morgan fingerprint density at radius 3 is 1.73 bits per heavy atom. The van der Waals surface area contributed by atoms with Crippen LogP contribution in [0.5, 0.6) is 11.5 Å². The van der Waals surface area contributed by atoms with Crippen LogP contribution in [0, 0.1) is 0 Å². The van der Waals surface area contributed by atoms with Crippen LogP contribution < -0.4 is 0 Å². The van der Waals surface area contributed by atoms with E-state index in [9.17, 15) is 10.2 Å². The molecule has 2 N–H and O–H groups in total. The summed E-state index contributed by atoms with van der Waals surface area (Å²) in [6.45, 7) is 0. The Bertz CT molecular complexity index is 1420. The van der Waals surface area contributed by atoms with Gasteiger partial charge in [0.2, 0.25) is 0 Å². The average molecular weight is 429 g/mol. The third-order valence-electron chi connectivity index (χ3n) is 6.40. The molecule has 0 aliphatic heterocycles. The van der Waals surface area contributed by atoms with Crippen molar-refractivity contribution in [1.29, 1.82) is 0 Å². The summed E-state index contributed by atoms with van der Waals surface area (Å²) in [6.07, 6.45) is 3.01. The predicted octanol–water partition coefficient (Wildman–Crippen LogP) is 5.31. The molecule has 5 heteroatoms. The molecule has 1 aliphatic rings. The van der Waals surface area contributed by atoms with Gasteiger partial charge in [0.15, 0.2) is 5.82 Å². The highest BCUT2D eigenvalue weighted by Gasteiger charge is 2.47. The second-order valence-electron chi connectivity index (χ2n) is 8.08. The Hall–Kier alpha value is -4.51. The molecule has 0 radical (unpaired) electrons. The van der Waals surface area contributed by atoms with Gasteiger partial charge < -0.3 is 10.2 Å². The van der Waals surface area contributed by atoms with Gasteiger partial charge in [0, 0.05) is 5.56 Å². The second-order valence-corrected chi connectivity index (χ2v) is 8.08. The van der Waals surface area contributed by atoms with Crippen LogP contribution in [-0.4, -0.2) is 25.2 Å². The summed E-state index contributed by atoms with van der Waals surface area (Å²) < 4.78 is 0. The van der Waals surface area contributed by atoms with Gasteiger partial charge in [0.25, 0.3) is 0 Å². The van der Waals surface area contributed by atoms with E-state index in [2.05, 4.69) is 33.2 Å². The summed E-state index contributed by atoms with van der Waals surface area (Å²) in [7, 11) is 0. The summed E-state index contributed by atoms with van der Waals surface area (Å²) in [5.74, 6) is 1.00. The Morgan fingerprint density at radius 2 is 1.09 bits per heavy atom. The van der Waals surface area contributed by atoms with E-state index in [1.807, 2.05) is 48.5 Å². The number of aromatic hydroxyl groups is 2. The number of aromatic nitrogens is 3. The van der Waals surface area contributed by atoms with E-state index >= 15 is 0 Å². The van der Waals surface area contributed by atoms with Gasteiger partial charge >= 0.3 is 0 Å². The average Bonchev–Trinajstić information content (AvgIpc) is 3.17. The van der Waals surface area contributed by atoms with E-state index in [0.717, 1.165) is 38.9 Å². The van der Waals surface area contributed by atoms with Gasteiger partial charge in [-0.05, 0) is 57.6 Å². The SMILES string of the molecule is Oc1ccc(C2(c3ccc(O)cc3)c3ccccc3-c3cccc(-c4ncncn4)c32)cc1. The summed E-state index contributed by atoms with van der Waals surface area (Å²) in [6, 6.07) is 29.2. The highest BCUT2D eigenvalue weighted by Crippen LogP contribution is 2.58. The Morgan fingerprint density at radius 1 is 0.545 bits per heavy atom. The van der Waals surface area contributed by atoms with E-state index < -0.39 is 5.41 Å². The number of fused-ring (bicyclic) bond motifs is 3. The predicted molar refractivity (Wildman–Crippen MR) is 126 cm³/mol. The van der Waals surface area contributed by atoms with Gasteiger partial charge in [-0.1, -0.05) is 66.7 Å². The van der Waals surface area contributed by atoms with E-state index in [0.29, 0.717) is 5.82 Å². The molecular weight excluding hydrogens is 410 g/mol. The Labute approximate surface area is 190 Å². The van der Waals surface area contributed by atoms with Gasteiger partial charge in [-0.25, -0.2) is 15.0 Å². The first-order valence-corrected chi connectivity index (χ1v) is 10.6. The van der Waals surface area contributed by atoms with Crippen LogP contribution in [0.1, 0.15) is 22.3 Å². The lowest BCUT2D eigenvalue weighted by Gasteiger charge is -2.35. The van der Waals surface area contributed by atoms with Crippen molar-refractivity contribution in [3.05, 3.63) is 126 Å². The number of hydrogen-bond acceptors (Lipinski definition) is 5. The molecule has 0 atom stereocenters. The molecule has 1 aliphatic carbocycles. The molecule has 5 nitrogen and oxygen atoms in total. The molecule has 158 valence electrons. The molecule has 1 aromatic heterocycles. The van der Waals surface area contributed by atoms with Crippen LogP contribution in [0.25, 0.3) is 22.5 Å². The molecule has 5 aromatic rings. The third kappa shape index (κ3) is 2.76. The maximum atomic E-state index is 10.1. The van der Waals surface area contributed by atoms with Gasteiger partial charge in [0.1, 0.15) is 24.2 Å². The lowest BCUT2D eigenvalue weighted by atomic mass is 9.66. The molecule has 1 heterocycles. The van der Waals surface area contributed by atoms with Crippen molar-refractivity contribution in [3.63, 3.8) is 0 Å². The molecule has 4 aromatic carbocycles. The number of nitrogens with zero attached hydrogens (tertiary/aromatic N) is 3. The molecule has 0 unspecified atom stereocenters. The first kappa shape index (κ1) is 19.2. The van der Waals surface area contributed by atoms with E-state index in [1.165, 1.54) is 12.7 Å². The van der Waals surface area contributed by atoms with Crippen LogP contribution >= 0.6 is 0 Å². The first-order chi connectivity index (χ1) is 16.2. The van der Waals surface area contributed by atoms with Crippen LogP contribution in [0.3, 0.4) is 0 Å². The van der Waals surface area contributed by atoms with Crippen molar-refractivity contribution in [2.24, 2.45) is 0 Å². The van der Waals surface area contributed by atoms with E-state index in [-0.39, 0.29) is 11.5 Å². The summed E-state index contributed by atoms with van der Waals surface area (Å²) in [5.41, 5.74) is 6.63. The summed E-state index contributed by atoms with van der Waals surface area (Å²) in [4.78, 5) is 12.9. The zero-order chi connectivity index (χ0) is 22.4. The Kier molecular flexibility index (Phi) is 4.23. The van der Waals surface area contributed by atoms with Crippen LogP contribution in [-0.2, 0) is 5.41 Å². The van der Waals surface area contributed by atoms with Crippen molar-refractivity contribution in [3.8, 4) is 34.0 Å². The van der Waals surface area contributed by atoms with Gasteiger partial charge in [-0.15, -0.1) is 0 Å². The number of rotatable bonds is 3. The molecule has 33 heavy (non-hydrogen) atoms. The minimum atomic E-state index is -0.698. The number of hydrogen-bond donors (Lipinski definition) is 2. The van der Waals surface area contributed by atoms with Gasteiger partial charge in [0.05, 0.1) is 5.41 Å². The summed E-state index contributed by atoms with van der Waals surface area (Å²) in [5, 5.41) is 20.1. The van der Waals surface area contributed by atoms with Crippen molar-refractivity contribution < 1.29 is 10.2 Å². The minimum Gasteiger partial charge on any atom is -0.508 e. The zero-order valence-electron chi connectivity index (χ0n) is 17.6. The minimum absolute atomic E-state index is 0.205. The zero-order valence-corrected chi connectivity index (χ0v) is 17.6. The Balaban J connectivity index is 1.81. The summed E-state index contributed by atoms with van der Waals surface area (Å²) >= 11 is 0. The lowest BCUT2D eigenvalue weighted by Crippen LogP contribution is -2.29. The fourth-order valence-electron chi connectivity index (χ4n) is 5.11. The number of phenolic OH excluding ortho intramolecular Hbond substituents is 2. The molecule has 0 spiro atoms. The highest BCUT2D eigenvalue weighted by atomic mass is 16.3. The monoisotopic (exact) mass is 429 g/mol. The smallest absolute Gasteiger partial charge is 0.163 e. The first-order valence-electron chi connectivity index (χ1n) is 10.6. The lowest BCUT2D eigenvalue weighted by molar-refractivity contribution is 0.475. The van der Waals surface area contributed by atoms with Crippen LogP contribution in [0.15, 0.2) is 104 Å². The molecule has 6 rings (SSSR count). The molecule has 0 saturated heterocycles. The molecule has 0 saturated carbocycles. The molecule has 0 fully saturated rings. The van der Waals surface area contributed by atoms with E-state index in [1.54, 1.807) is 24.3 Å². The fraction of sp³-hybridized carbons (Fsp3) is 0.0357. The quantitative estimate of drug-likeness (QED) is 0.398. The molecule has 0 amide bonds. The van der Waals surface area contributed by atoms with E-state index in [4.69, 9.17) is 0 Å². The fourth-order valence-corrected chi connectivity index (χ4v) is 5.11. The molecular formula is C28H19N3O2. The van der Waals surface area contributed by atoms with Crippen molar-refractivity contribution in [1.82, 2.24) is 15.0 Å². The normalized spacial score (nSPS) is 13.3. The third-order valence-corrected chi connectivity index (χ3v) is 6.40. The van der Waals surface area contributed by atoms with Crippen molar-refractivity contribution in [2.45, 2.75) is 5.41 Å². The standard InChI is InChI=1S/C28H19N3O2/c32-20-12-8-18(9-13-20)28(19-10-14-21(33)15-11-19)25-7-2-1-4-22(25)23-5-3-6-24(26(23)28)27-30-16-29-17-31-27/h1-17,32-33H. The maximum Gasteiger partial charge on any atom is 0.163 e.